The van der Waals surface area contributed by atoms with Crippen LogP contribution >= 0.6 is 20.3 Å². The zero-order valence-electron chi connectivity index (χ0n) is 20.9. The summed E-state index contributed by atoms with van der Waals surface area (Å²) in [5.74, 6) is 0.812. The van der Waals surface area contributed by atoms with Crippen LogP contribution < -0.4 is 10.8 Å². The molecule has 0 amide bonds. The summed E-state index contributed by atoms with van der Waals surface area (Å²) in [6, 6.07) is 10.00. The molecule has 0 saturated carbocycles. The topological polar surface area (TPSA) is 147 Å². The van der Waals surface area contributed by atoms with E-state index in [1.165, 1.54) is 6.33 Å². The van der Waals surface area contributed by atoms with Gasteiger partial charge in [0.05, 0.1) is 37.7 Å². The number of hydrogen-bond donors (Lipinski definition) is 3. The molecule has 1 aliphatic rings. The molecule has 0 bridgehead atoms. The number of carbonyl (C=O) groups is 1. The Balaban J connectivity index is 1.29. The second-order valence-electron chi connectivity index (χ2n) is 9.26. The fourth-order valence-corrected chi connectivity index (χ4v) is 5.70. The third-order valence-electron chi connectivity index (χ3n) is 5.89. The number of nitrogens with one attached hydrogen (secondary N) is 1. The SMILES string of the molecule is CC(C)(CO)C(=O)SCCOP(NCc1ccccc1)OCC1CCC(n2cnc3c(N)ncnc32)O1. The van der Waals surface area contributed by atoms with Gasteiger partial charge in [-0.25, -0.2) is 20.0 Å². The van der Waals surface area contributed by atoms with Crippen molar-refractivity contribution in [2.75, 3.05) is 31.3 Å². The fourth-order valence-electron chi connectivity index (χ4n) is 3.64. The number of carbonyl (C=O) groups excluding carboxylic acids is 1. The number of aromatic nitrogens is 4. The van der Waals surface area contributed by atoms with Gasteiger partial charge in [0, 0.05) is 12.3 Å². The van der Waals surface area contributed by atoms with Crippen LogP contribution in [0.1, 0.15) is 38.5 Å². The molecule has 3 heterocycles. The number of rotatable bonds is 13. The average Bonchev–Trinajstić information content (AvgIpc) is 3.56. The minimum absolute atomic E-state index is 0.0643. The highest BCUT2D eigenvalue weighted by molar-refractivity contribution is 8.13. The summed E-state index contributed by atoms with van der Waals surface area (Å²) in [4.78, 5) is 24.9. The number of ether oxygens (including phenoxy) is 1. The van der Waals surface area contributed by atoms with Gasteiger partial charge in [0.1, 0.15) is 18.1 Å². The Hall–Kier alpha value is -2.18. The number of fused-ring (bicyclic) bond motifs is 1. The molecule has 1 saturated heterocycles. The van der Waals surface area contributed by atoms with Crippen molar-refractivity contribution in [1.82, 2.24) is 24.6 Å². The molecular weight excluding hydrogens is 515 g/mol. The maximum absolute atomic E-state index is 12.2. The molecule has 0 spiro atoms. The first-order chi connectivity index (χ1) is 17.9. The Bertz CT molecular complexity index is 1170. The van der Waals surface area contributed by atoms with E-state index in [0.29, 0.717) is 42.5 Å². The summed E-state index contributed by atoms with van der Waals surface area (Å²) in [6.45, 7) is 4.55. The van der Waals surface area contributed by atoms with Crippen LogP contribution in [0, 0.1) is 5.41 Å². The van der Waals surface area contributed by atoms with E-state index in [1.807, 2.05) is 34.9 Å². The lowest BCUT2D eigenvalue weighted by Gasteiger charge is -2.22. The Labute approximate surface area is 221 Å². The van der Waals surface area contributed by atoms with Gasteiger partial charge in [-0.15, -0.1) is 0 Å². The molecule has 11 nitrogen and oxygen atoms in total. The summed E-state index contributed by atoms with van der Waals surface area (Å²) >= 11 is 1.16. The van der Waals surface area contributed by atoms with E-state index in [1.54, 1.807) is 20.2 Å². The molecule has 3 aromatic rings. The molecule has 1 aromatic carbocycles. The van der Waals surface area contributed by atoms with Crippen LogP contribution in [-0.4, -0.2) is 61.4 Å². The summed E-state index contributed by atoms with van der Waals surface area (Å²) < 4.78 is 20.2. The van der Waals surface area contributed by atoms with E-state index in [9.17, 15) is 9.90 Å². The van der Waals surface area contributed by atoms with Gasteiger partial charge in [-0.05, 0) is 32.3 Å². The first-order valence-electron chi connectivity index (χ1n) is 12.1. The fraction of sp³-hybridized carbons (Fsp3) is 0.500. The molecule has 37 heavy (non-hydrogen) atoms. The molecule has 200 valence electrons. The normalized spacial score (nSPS) is 18.9. The molecule has 13 heteroatoms. The number of nitrogens with two attached hydrogens (primary N) is 1. The van der Waals surface area contributed by atoms with Crippen molar-refractivity contribution in [2.24, 2.45) is 5.41 Å². The number of nitrogen functional groups attached to an aromatic ring is 1. The van der Waals surface area contributed by atoms with Crippen LogP contribution in [0.5, 0.6) is 0 Å². The number of aliphatic hydroxyl groups excluding tert-OH is 1. The first-order valence-corrected chi connectivity index (χ1v) is 14.2. The number of aliphatic hydroxyl groups is 1. The molecule has 2 aromatic heterocycles. The van der Waals surface area contributed by atoms with Gasteiger partial charge in [0.25, 0.3) is 8.53 Å². The quantitative estimate of drug-likeness (QED) is 0.213. The summed E-state index contributed by atoms with van der Waals surface area (Å²) in [6.07, 6.45) is 4.37. The lowest BCUT2D eigenvalue weighted by molar-refractivity contribution is -0.119. The van der Waals surface area contributed by atoms with Crippen LogP contribution in [0.4, 0.5) is 5.82 Å². The lowest BCUT2D eigenvalue weighted by Crippen LogP contribution is -2.26. The first kappa shape index (κ1) is 27.8. The minimum atomic E-state index is -1.42. The minimum Gasteiger partial charge on any atom is -0.395 e. The predicted molar refractivity (Wildman–Crippen MR) is 143 cm³/mol. The second-order valence-corrected chi connectivity index (χ2v) is 11.7. The third kappa shape index (κ3) is 7.44. The van der Waals surface area contributed by atoms with Crippen molar-refractivity contribution in [3.8, 4) is 0 Å². The van der Waals surface area contributed by atoms with E-state index >= 15 is 0 Å². The van der Waals surface area contributed by atoms with Crippen LogP contribution in [0.25, 0.3) is 11.2 Å². The average molecular weight is 549 g/mol. The Morgan fingerprint density at radius 2 is 2.08 bits per heavy atom. The van der Waals surface area contributed by atoms with Crippen molar-refractivity contribution >= 4 is 42.4 Å². The number of hydrogen-bond acceptors (Lipinski definition) is 11. The largest absolute Gasteiger partial charge is 0.395 e. The molecule has 1 fully saturated rings. The molecule has 0 radical (unpaired) electrons. The maximum atomic E-state index is 12.2. The van der Waals surface area contributed by atoms with Crippen LogP contribution in [0.15, 0.2) is 43.0 Å². The summed E-state index contributed by atoms with van der Waals surface area (Å²) in [5.41, 5.74) is 7.45. The summed E-state index contributed by atoms with van der Waals surface area (Å²) in [5, 5.41) is 12.7. The van der Waals surface area contributed by atoms with Crippen LogP contribution in [0.2, 0.25) is 0 Å². The van der Waals surface area contributed by atoms with E-state index in [2.05, 4.69) is 20.0 Å². The highest BCUT2D eigenvalue weighted by Crippen LogP contribution is 2.38. The van der Waals surface area contributed by atoms with Gasteiger partial charge in [-0.3, -0.25) is 9.36 Å². The zero-order chi connectivity index (χ0) is 26.3. The van der Waals surface area contributed by atoms with Crippen LogP contribution in [0.3, 0.4) is 0 Å². The number of benzene rings is 1. The maximum Gasteiger partial charge on any atom is 0.256 e. The highest BCUT2D eigenvalue weighted by atomic mass is 32.2. The number of imidazole rings is 1. The van der Waals surface area contributed by atoms with E-state index in [0.717, 1.165) is 30.2 Å². The third-order valence-corrected chi connectivity index (χ3v) is 8.29. The van der Waals surface area contributed by atoms with Gasteiger partial charge in [0.2, 0.25) is 0 Å². The number of anilines is 1. The van der Waals surface area contributed by atoms with Crippen molar-refractivity contribution < 1.29 is 23.7 Å². The van der Waals surface area contributed by atoms with Gasteiger partial charge in [0.15, 0.2) is 16.6 Å². The van der Waals surface area contributed by atoms with Crippen molar-refractivity contribution in [1.29, 1.82) is 0 Å². The Kier molecular flexibility index (Phi) is 9.83. The molecule has 3 atom stereocenters. The zero-order valence-corrected chi connectivity index (χ0v) is 22.7. The molecule has 4 N–H and O–H groups in total. The molecule has 4 rings (SSSR count). The predicted octanol–water partition coefficient (Wildman–Crippen LogP) is 3.41. The van der Waals surface area contributed by atoms with Gasteiger partial charge < -0.3 is 24.6 Å². The van der Waals surface area contributed by atoms with E-state index in [-0.39, 0.29) is 24.1 Å². The second kappa shape index (κ2) is 13.1. The number of nitrogens with zero attached hydrogens (tertiary/aromatic N) is 4. The standard InChI is InChI=1S/C24H33N6O5PS/c1-24(2,14-31)23(32)37-11-10-33-36(29-12-17-6-4-3-5-7-17)34-13-18-8-9-19(35-18)30-16-28-20-21(25)26-15-27-22(20)30/h3-7,15-16,18-19,29,31H,8-14H2,1-2H3,(H2,25,26,27). The smallest absolute Gasteiger partial charge is 0.256 e. The van der Waals surface area contributed by atoms with Gasteiger partial charge in [-0.2, -0.15) is 0 Å². The Morgan fingerprint density at radius 3 is 2.86 bits per heavy atom. The van der Waals surface area contributed by atoms with Gasteiger partial charge >= 0.3 is 0 Å². The van der Waals surface area contributed by atoms with E-state index < -0.39 is 13.9 Å². The Morgan fingerprint density at radius 1 is 1.27 bits per heavy atom. The molecule has 1 aliphatic heterocycles. The van der Waals surface area contributed by atoms with Crippen molar-refractivity contribution in [2.45, 2.75) is 45.6 Å². The number of thioether (sulfide) groups is 1. The summed E-state index contributed by atoms with van der Waals surface area (Å²) in [7, 11) is -1.42. The molecular formula is C24H33N6O5PS. The van der Waals surface area contributed by atoms with Crippen molar-refractivity contribution in [3.63, 3.8) is 0 Å². The van der Waals surface area contributed by atoms with Gasteiger partial charge in [-0.1, -0.05) is 42.1 Å². The van der Waals surface area contributed by atoms with Crippen molar-refractivity contribution in [3.05, 3.63) is 48.5 Å². The lowest BCUT2D eigenvalue weighted by atomic mass is 9.97. The molecule has 0 aliphatic carbocycles. The highest BCUT2D eigenvalue weighted by Gasteiger charge is 2.30. The van der Waals surface area contributed by atoms with E-state index in [4.69, 9.17) is 19.5 Å². The molecule has 3 unspecified atom stereocenters. The monoisotopic (exact) mass is 548 g/mol. The van der Waals surface area contributed by atoms with Crippen LogP contribution in [-0.2, 0) is 25.1 Å².